The third kappa shape index (κ3) is 0.604. The summed E-state index contributed by atoms with van der Waals surface area (Å²) in [6.07, 6.45) is 4.17. The summed E-state index contributed by atoms with van der Waals surface area (Å²) < 4.78 is 0. The lowest BCUT2D eigenvalue weighted by Gasteiger charge is -2.18. The van der Waals surface area contributed by atoms with Gasteiger partial charge in [-0.2, -0.15) is 0 Å². The van der Waals surface area contributed by atoms with Crippen molar-refractivity contribution in [3.63, 3.8) is 0 Å². The highest BCUT2D eigenvalue weighted by molar-refractivity contribution is 5.72. The van der Waals surface area contributed by atoms with Crippen LogP contribution in [0.5, 0.6) is 0 Å². The molecule has 0 aromatic rings. The van der Waals surface area contributed by atoms with Gasteiger partial charge in [-0.3, -0.25) is 0 Å². The Bertz CT molecular complexity index is 474. The maximum Gasteiger partial charge on any atom is 0.255 e. The molecular weight excluding hydrogens is 184 g/mol. The molecule has 3 aliphatic carbocycles. The lowest BCUT2D eigenvalue weighted by atomic mass is 10.0. The number of aliphatic hydroxyl groups excluding tert-OH is 2. The monoisotopic (exact) mass is 192 g/mol. The number of allylic oxidation sites excluding steroid dienone is 5. The molecule has 0 radical (unpaired) electrons. The van der Waals surface area contributed by atoms with E-state index in [-0.39, 0.29) is 5.57 Å². The molecule has 0 saturated heterocycles. The van der Waals surface area contributed by atoms with Crippen molar-refractivity contribution >= 4 is 0 Å². The van der Waals surface area contributed by atoms with Crippen molar-refractivity contribution in [2.45, 2.75) is 12.2 Å². The van der Waals surface area contributed by atoms with Crippen molar-refractivity contribution < 1.29 is 20.4 Å². The Kier molecular flexibility index (Phi) is 1.09. The number of hydrogen-bond donors (Lipinski definition) is 4. The van der Waals surface area contributed by atoms with Crippen molar-refractivity contribution in [3.05, 3.63) is 46.0 Å². The zero-order valence-electron chi connectivity index (χ0n) is 7.15. The average Bonchev–Trinajstić information content (AvgIpc) is 2.76. The molecule has 14 heavy (non-hydrogen) atoms. The lowest BCUT2D eigenvalue weighted by molar-refractivity contribution is -0.116. The van der Waals surface area contributed by atoms with Crippen LogP contribution in [0.1, 0.15) is 6.42 Å². The fourth-order valence-electron chi connectivity index (χ4n) is 2.26. The van der Waals surface area contributed by atoms with Crippen LogP contribution in [0.15, 0.2) is 46.0 Å². The van der Waals surface area contributed by atoms with Crippen LogP contribution in [0.2, 0.25) is 0 Å². The van der Waals surface area contributed by atoms with Gasteiger partial charge in [0.1, 0.15) is 0 Å². The average molecular weight is 192 g/mol. The molecule has 4 N–H and O–H groups in total. The first kappa shape index (κ1) is 7.84. The fourth-order valence-corrected chi connectivity index (χ4v) is 2.26. The highest BCUT2D eigenvalue weighted by Crippen LogP contribution is 2.52. The zero-order chi connectivity index (χ0) is 10.1. The molecule has 4 heteroatoms. The second-order valence-corrected chi connectivity index (χ2v) is 3.68. The Morgan fingerprint density at radius 2 is 1.71 bits per heavy atom. The van der Waals surface area contributed by atoms with E-state index in [2.05, 4.69) is 0 Å². The molecule has 0 aromatic heterocycles. The normalized spacial score (nSPS) is 27.0. The topological polar surface area (TPSA) is 80.9 Å². The van der Waals surface area contributed by atoms with E-state index < -0.39 is 17.3 Å². The molecule has 2 bridgehead atoms. The molecule has 3 rings (SSSR count). The summed E-state index contributed by atoms with van der Waals surface area (Å²) in [5.74, 6) is -3.61. The Hall–Kier alpha value is -1.52. The van der Waals surface area contributed by atoms with Crippen molar-refractivity contribution in [2.24, 2.45) is 0 Å². The van der Waals surface area contributed by atoms with Crippen LogP contribution in [0.25, 0.3) is 0 Å². The summed E-state index contributed by atoms with van der Waals surface area (Å²) in [4.78, 5) is 0. The van der Waals surface area contributed by atoms with Crippen LogP contribution >= 0.6 is 0 Å². The SMILES string of the molecule is OC1=C(O)C(O)(O)C2=C3C=CC(=C12)C3. The molecule has 0 heterocycles. The molecule has 72 valence electrons. The predicted octanol–water partition coefficient (Wildman–Crippen LogP) is 0.575. The molecule has 0 aliphatic heterocycles. The largest absolute Gasteiger partial charge is 0.504 e. The van der Waals surface area contributed by atoms with E-state index in [0.717, 1.165) is 11.1 Å². The Morgan fingerprint density at radius 3 is 2.36 bits per heavy atom. The van der Waals surface area contributed by atoms with Crippen LogP contribution < -0.4 is 0 Å². The minimum absolute atomic E-state index is 0.227. The summed E-state index contributed by atoms with van der Waals surface area (Å²) >= 11 is 0. The van der Waals surface area contributed by atoms with Gasteiger partial charge in [-0.05, 0) is 17.6 Å². The quantitative estimate of drug-likeness (QED) is 0.423. The summed E-state index contributed by atoms with van der Waals surface area (Å²) in [5, 5.41) is 38.0. The van der Waals surface area contributed by atoms with E-state index in [0.29, 0.717) is 12.0 Å². The van der Waals surface area contributed by atoms with E-state index in [9.17, 15) is 20.4 Å². The van der Waals surface area contributed by atoms with Gasteiger partial charge in [0.25, 0.3) is 5.79 Å². The van der Waals surface area contributed by atoms with Crippen LogP contribution in [-0.2, 0) is 0 Å². The maximum absolute atomic E-state index is 9.59. The first-order valence-corrected chi connectivity index (χ1v) is 4.26. The Labute approximate surface area is 79.4 Å². The zero-order valence-corrected chi connectivity index (χ0v) is 7.15. The third-order valence-electron chi connectivity index (χ3n) is 2.90. The van der Waals surface area contributed by atoms with E-state index in [1.165, 1.54) is 0 Å². The molecule has 0 unspecified atom stereocenters. The second-order valence-electron chi connectivity index (χ2n) is 3.68. The molecule has 3 aliphatic rings. The first-order chi connectivity index (χ1) is 6.53. The molecule has 0 atom stereocenters. The second kappa shape index (κ2) is 1.94. The van der Waals surface area contributed by atoms with Gasteiger partial charge in [0.05, 0.1) is 0 Å². The summed E-state index contributed by atoms with van der Waals surface area (Å²) in [7, 11) is 0. The van der Waals surface area contributed by atoms with Gasteiger partial charge in [-0.25, -0.2) is 0 Å². The Balaban J connectivity index is 2.37. The molecule has 0 saturated carbocycles. The van der Waals surface area contributed by atoms with Gasteiger partial charge < -0.3 is 20.4 Å². The van der Waals surface area contributed by atoms with Crippen molar-refractivity contribution in [1.29, 1.82) is 0 Å². The third-order valence-corrected chi connectivity index (χ3v) is 2.90. The van der Waals surface area contributed by atoms with Gasteiger partial charge in [-0.15, -0.1) is 0 Å². The van der Waals surface area contributed by atoms with Gasteiger partial charge in [0, 0.05) is 11.1 Å². The van der Waals surface area contributed by atoms with Crippen molar-refractivity contribution in [1.82, 2.24) is 0 Å². The smallest absolute Gasteiger partial charge is 0.255 e. The molecule has 0 fully saturated rings. The molecular formula is C10H8O4. The molecule has 0 aromatic carbocycles. The van der Waals surface area contributed by atoms with Crippen LogP contribution in [-0.4, -0.2) is 26.2 Å². The number of hydrogen-bond acceptors (Lipinski definition) is 4. The number of rotatable bonds is 0. The highest BCUT2D eigenvalue weighted by Gasteiger charge is 2.51. The summed E-state index contributed by atoms with van der Waals surface area (Å²) in [6, 6.07) is 0. The Morgan fingerprint density at radius 1 is 1.07 bits per heavy atom. The minimum atomic E-state index is -2.42. The summed E-state index contributed by atoms with van der Waals surface area (Å²) in [6.45, 7) is 0. The van der Waals surface area contributed by atoms with Crippen molar-refractivity contribution in [3.8, 4) is 0 Å². The van der Waals surface area contributed by atoms with Gasteiger partial charge in [-0.1, -0.05) is 12.2 Å². The van der Waals surface area contributed by atoms with E-state index in [1.807, 2.05) is 0 Å². The summed E-state index contributed by atoms with van der Waals surface area (Å²) in [5.41, 5.74) is 2.18. The van der Waals surface area contributed by atoms with Crippen LogP contribution in [0, 0.1) is 0 Å². The molecule has 4 nitrogen and oxygen atoms in total. The maximum atomic E-state index is 9.59. The first-order valence-electron chi connectivity index (χ1n) is 4.26. The van der Waals surface area contributed by atoms with Crippen molar-refractivity contribution in [2.75, 3.05) is 0 Å². The van der Waals surface area contributed by atoms with Crippen LogP contribution in [0.4, 0.5) is 0 Å². The van der Waals surface area contributed by atoms with Gasteiger partial charge in [0.15, 0.2) is 11.5 Å². The van der Waals surface area contributed by atoms with E-state index in [1.54, 1.807) is 12.2 Å². The van der Waals surface area contributed by atoms with Gasteiger partial charge in [0.2, 0.25) is 0 Å². The standard InChI is InChI=1S/C10H8O4/c11-8-6-4-1-2-5(3-4)7(6)10(13,14)9(8)12/h1-2,11-14H,3H2. The lowest BCUT2D eigenvalue weighted by Crippen LogP contribution is -2.30. The highest BCUT2D eigenvalue weighted by atomic mass is 16.5. The molecule has 0 amide bonds. The van der Waals surface area contributed by atoms with Gasteiger partial charge >= 0.3 is 0 Å². The fraction of sp³-hybridized carbons (Fsp3) is 0.200. The number of aliphatic hydroxyl groups is 4. The number of fused-ring (bicyclic) bond motifs is 3. The predicted molar refractivity (Wildman–Crippen MR) is 47.3 cm³/mol. The molecule has 0 spiro atoms. The van der Waals surface area contributed by atoms with E-state index >= 15 is 0 Å². The van der Waals surface area contributed by atoms with Crippen LogP contribution in [0.3, 0.4) is 0 Å². The van der Waals surface area contributed by atoms with E-state index in [4.69, 9.17) is 0 Å². The minimum Gasteiger partial charge on any atom is -0.504 e.